The summed E-state index contributed by atoms with van der Waals surface area (Å²) in [5.41, 5.74) is 4.74. The van der Waals surface area contributed by atoms with Gasteiger partial charge in [-0.25, -0.2) is 0 Å². The van der Waals surface area contributed by atoms with Crippen LogP contribution in [0.25, 0.3) is 0 Å². The highest BCUT2D eigenvalue weighted by atomic mass is 16.1. The predicted octanol–water partition coefficient (Wildman–Crippen LogP) is 3.89. The third-order valence-electron chi connectivity index (χ3n) is 6.71. The molecule has 5 atom stereocenters. The molecule has 1 nitrogen and oxygen atoms in total. The Kier molecular flexibility index (Phi) is 1.57. The van der Waals surface area contributed by atoms with Gasteiger partial charge in [-0.1, -0.05) is 12.1 Å². The Balaban J connectivity index is 1.73. The first-order valence-corrected chi connectivity index (χ1v) is 7.39. The Bertz CT molecular complexity index is 561. The second kappa shape index (κ2) is 2.89. The molecule has 4 aliphatic carbocycles. The number of fused-ring (bicyclic) bond motifs is 5. The number of hydrogen-bond acceptors (Lipinski definition) is 1. The van der Waals surface area contributed by atoms with Gasteiger partial charge in [0.1, 0.15) is 6.29 Å². The van der Waals surface area contributed by atoms with Crippen LogP contribution in [-0.2, 0) is 0 Å². The number of hydrogen-bond donors (Lipinski definition) is 0. The summed E-state index contributed by atoms with van der Waals surface area (Å²) in [6, 6.07) is 6.49. The molecule has 1 spiro atoms. The van der Waals surface area contributed by atoms with Crippen LogP contribution in [0.4, 0.5) is 0 Å². The summed E-state index contributed by atoms with van der Waals surface area (Å²) >= 11 is 0. The Morgan fingerprint density at radius 2 is 1.72 bits per heavy atom. The Morgan fingerprint density at radius 1 is 1.00 bits per heavy atom. The SMILES string of the molecule is O=Cc1ccc2c(c1)C1CC3CC4CC2CC43C1. The molecule has 0 heterocycles. The molecular formula is C17H18O. The summed E-state index contributed by atoms with van der Waals surface area (Å²) in [6.45, 7) is 0. The zero-order valence-corrected chi connectivity index (χ0v) is 10.6. The van der Waals surface area contributed by atoms with Crippen molar-refractivity contribution in [3.63, 3.8) is 0 Å². The fourth-order valence-corrected chi connectivity index (χ4v) is 6.03. The topological polar surface area (TPSA) is 17.1 Å². The minimum Gasteiger partial charge on any atom is -0.298 e. The average molecular weight is 238 g/mol. The van der Waals surface area contributed by atoms with Crippen LogP contribution in [0.15, 0.2) is 18.2 Å². The van der Waals surface area contributed by atoms with Gasteiger partial charge in [0.15, 0.2) is 0 Å². The molecule has 5 rings (SSSR count). The van der Waals surface area contributed by atoms with E-state index in [4.69, 9.17) is 0 Å². The van der Waals surface area contributed by atoms with Crippen molar-refractivity contribution in [2.24, 2.45) is 17.3 Å². The van der Waals surface area contributed by atoms with E-state index in [0.29, 0.717) is 0 Å². The highest BCUT2D eigenvalue weighted by Crippen LogP contribution is 2.75. The van der Waals surface area contributed by atoms with Gasteiger partial charge in [-0.15, -0.1) is 0 Å². The molecule has 1 aromatic carbocycles. The van der Waals surface area contributed by atoms with E-state index in [1.807, 2.05) is 6.07 Å². The Hall–Kier alpha value is -1.11. The number of aldehydes is 1. The van der Waals surface area contributed by atoms with E-state index in [2.05, 4.69) is 12.1 Å². The van der Waals surface area contributed by atoms with E-state index in [-0.39, 0.29) is 0 Å². The summed E-state index contributed by atoms with van der Waals surface area (Å²) in [5.74, 6) is 3.63. The minimum atomic E-state index is 0.732. The second-order valence-corrected chi connectivity index (χ2v) is 7.14. The maximum absolute atomic E-state index is 11.0. The zero-order valence-electron chi connectivity index (χ0n) is 10.6. The van der Waals surface area contributed by atoms with Gasteiger partial charge in [0, 0.05) is 5.56 Å². The van der Waals surface area contributed by atoms with Crippen molar-refractivity contribution in [1.29, 1.82) is 0 Å². The maximum Gasteiger partial charge on any atom is 0.150 e. The fourth-order valence-electron chi connectivity index (χ4n) is 6.03. The highest BCUT2D eigenvalue weighted by Gasteiger charge is 2.65. The third kappa shape index (κ3) is 0.920. The quantitative estimate of drug-likeness (QED) is 0.678. The monoisotopic (exact) mass is 238 g/mol. The van der Waals surface area contributed by atoms with Crippen LogP contribution in [0, 0.1) is 17.3 Å². The normalized spacial score (nSPS) is 46.2. The molecule has 0 saturated heterocycles. The molecule has 0 N–H and O–H groups in total. The minimum absolute atomic E-state index is 0.732. The van der Waals surface area contributed by atoms with Crippen molar-refractivity contribution in [2.75, 3.05) is 0 Å². The predicted molar refractivity (Wildman–Crippen MR) is 69.8 cm³/mol. The second-order valence-electron chi connectivity index (χ2n) is 7.14. The zero-order chi connectivity index (χ0) is 11.9. The van der Waals surface area contributed by atoms with Crippen LogP contribution in [-0.4, -0.2) is 6.29 Å². The number of benzene rings is 1. The van der Waals surface area contributed by atoms with Gasteiger partial charge in [-0.2, -0.15) is 0 Å². The first-order valence-electron chi connectivity index (χ1n) is 7.39. The standard InChI is InChI=1S/C17H18O/c18-9-10-1-2-15-11-4-13-6-14-5-12(16(15)3-10)8-17(13,14)7-11/h1-3,9,11-14H,4-8H2. The summed E-state index contributed by atoms with van der Waals surface area (Å²) in [5, 5.41) is 0. The first kappa shape index (κ1) is 9.77. The molecule has 0 aromatic heterocycles. The van der Waals surface area contributed by atoms with Gasteiger partial charge in [-0.3, -0.25) is 4.79 Å². The molecule has 1 aromatic rings. The van der Waals surface area contributed by atoms with Crippen molar-refractivity contribution in [2.45, 2.75) is 43.9 Å². The van der Waals surface area contributed by atoms with Gasteiger partial charge in [0.25, 0.3) is 0 Å². The van der Waals surface area contributed by atoms with Crippen molar-refractivity contribution in [3.8, 4) is 0 Å². The van der Waals surface area contributed by atoms with Crippen molar-refractivity contribution in [1.82, 2.24) is 0 Å². The molecule has 92 valence electrons. The lowest BCUT2D eigenvalue weighted by molar-refractivity contribution is 0.00322. The lowest BCUT2D eigenvalue weighted by Gasteiger charge is -2.48. The maximum atomic E-state index is 11.0. The molecular weight excluding hydrogens is 220 g/mol. The van der Waals surface area contributed by atoms with Crippen LogP contribution in [0.2, 0.25) is 0 Å². The molecule has 3 saturated carbocycles. The van der Waals surface area contributed by atoms with Crippen LogP contribution < -0.4 is 0 Å². The summed E-state index contributed by atoms with van der Waals surface area (Å²) in [6.07, 6.45) is 8.21. The Labute approximate surface area is 108 Å². The molecule has 4 aliphatic rings. The average Bonchev–Trinajstić information content (AvgIpc) is 2.81. The van der Waals surface area contributed by atoms with E-state index < -0.39 is 0 Å². The fraction of sp³-hybridized carbons (Fsp3) is 0.588. The number of carbonyl (C=O) groups is 1. The van der Waals surface area contributed by atoms with Gasteiger partial charge < -0.3 is 0 Å². The smallest absolute Gasteiger partial charge is 0.150 e. The van der Waals surface area contributed by atoms with Crippen molar-refractivity contribution in [3.05, 3.63) is 34.9 Å². The number of carbonyl (C=O) groups excluding carboxylic acids is 1. The summed E-state index contributed by atoms with van der Waals surface area (Å²) in [4.78, 5) is 11.0. The summed E-state index contributed by atoms with van der Waals surface area (Å²) < 4.78 is 0. The van der Waals surface area contributed by atoms with E-state index >= 15 is 0 Å². The van der Waals surface area contributed by atoms with Gasteiger partial charge in [-0.05, 0) is 78.4 Å². The van der Waals surface area contributed by atoms with Crippen LogP contribution in [0.3, 0.4) is 0 Å². The number of rotatable bonds is 1. The molecule has 5 unspecified atom stereocenters. The third-order valence-corrected chi connectivity index (χ3v) is 6.71. The highest BCUT2D eigenvalue weighted by molar-refractivity contribution is 5.75. The van der Waals surface area contributed by atoms with Crippen LogP contribution >= 0.6 is 0 Å². The van der Waals surface area contributed by atoms with Gasteiger partial charge in [0.2, 0.25) is 0 Å². The van der Waals surface area contributed by atoms with E-state index in [0.717, 1.165) is 40.9 Å². The summed E-state index contributed by atoms with van der Waals surface area (Å²) in [7, 11) is 0. The molecule has 0 radical (unpaired) electrons. The van der Waals surface area contributed by atoms with Crippen molar-refractivity contribution < 1.29 is 4.79 Å². The molecule has 3 bridgehead atoms. The van der Waals surface area contributed by atoms with Gasteiger partial charge >= 0.3 is 0 Å². The molecule has 18 heavy (non-hydrogen) atoms. The molecule has 3 fully saturated rings. The van der Waals surface area contributed by atoms with Crippen LogP contribution in [0.5, 0.6) is 0 Å². The largest absolute Gasteiger partial charge is 0.298 e. The van der Waals surface area contributed by atoms with Crippen molar-refractivity contribution >= 4 is 6.29 Å². The Morgan fingerprint density at radius 3 is 2.44 bits per heavy atom. The molecule has 0 aliphatic heterocycles. The lowest BCUT2D eigenvalue weighted by atomic mass is 9.56. The van der Waals surface area contributed by atoms with E-state index in [1.54, 1.807) is 5.56 Å². The van der Waals surface area contributed by atoms with Crippen LogP contribution in [0.1, 0.15) is 65.4 Å². The first-order chi connectivity index (χ1) is 8.80. The van der Waals surface area contributed by atoms with Gasteiger partial charge in [0.05, 0.1) is 0 Å². The molecule has 1 heteroatoms. The van der Waals surface area contributed by atoms with E-state index in [1.165, 1.54) is 37.7 Å². The van der Waals surface area contributed by atoms with E-state index in [9.17, 15) is 4.79 Å². The molecule has 0 amide bonds. The lowest BCUT2D eigenvalue weighted by Crippen LogP contribution is -2.41.